The van der Waals surface area contributed by atoms with Crippen molar-refractivity contribution in [2.75, 3.05) is 11.9 Å². The van der Waals surface area contributed by atoms with Crippen molar-refractivity contribution >= 4 is 17.3 Å². The number of halogens is 1. The molecular weight excluding hydrogens is 182 g/mol. The van der Waals surface area contributed by atoms with Crippen LogP contribution in [0.4, 0.5) is 5.69 Å². The molecule has 0 bridgehead atoms. The monoisotopic (exact) mass is 195 g/mol. The Labute approximate surface area is 84.4 Å². The molecule has 0 saturated heterocycles. The molecule has 1 rings (SSSR count). The van der Waals surface area contributed by atoms with Crippen molar-refractivity contribution in [3.05, 3.63) is 41.4 Å². The van der Waals surface area contributed by atoms with E-state index in [0.717, 1.165) is 23.7 Å². The topological polar surface area (TPSA) is 12.0 Å². The van der Waals surface area contributed by atoms with Crippen LogP contribution in [0.2, 0.25) is 5.02 Å². The Balaban J connectivity index is 2.54. The second-order valence-electron chi connectivity index (χ2n) is 2.94. The van der Waals surface area contributed by atoms with E-state index in [0.29, 0.717) is 0 Å². The molecule has 0 amide bonds. The summed E-state index contributed by atoms with van der Waals surface area (Å²) in [5.74, 6) is 0. The van der Waals surface area contributed by atoms with Gasteiger partial charge in [-0.2, -0.15) is 0 Å². The van der Waals surface area contributed by atoms with E-state index < -0.39 is 0 Å². The number of anilines is 1. The number of hydrogen-bond acceptors (Lipinski definition) is 1. The van der Waals surface area contributed by atoms with Crippen LogP contribution in [0, 0.1) is 0 Å². The van der Waals surface area contributed by atoms with Gasteiger partial charge in [0.1, 0.15) is 0 Å². The molecule has 1 aromatic carbocycles. The largest absolute Gasteiger partial charge is 0.380 e. The van der Waals surface area contributed by atoms with Crippen LogP contribution in [0.5, 0.6) is 0 Å². The predicted octanol–water partition coefficient (Wildman–Crippen LogP) is 3.72. The standard InChI is InChI=1S/C11H14ClN/c1-3-9(2)8-13-11-7-5-4-6-10(11)12/h4-7,13H,2-3,8H2,1H3. The second-order valence-corrected chi connectivity index (χ2v) is 3.34. The van der Waals surface area contributed by atoms with Crippen molar-refractivity contribution in [3.63, 3.8) is 0 Å². The van der Waals surface area contributed by atoms with Gasteiger partial charge in [0.15, 0.2) is 0 Å². The third-order valence-electron chi connectivity index (χ3n) is 1.90. The molecule has 1 N–H and O–H groups in total. The van der Waals surface area contributed by atoms with E-state index in [1.165, 1.54) is 5.57 Å². The molecule has 70 valence electrons. The van der Waals surface area contributed by atoms with E-state index in [2.05, 4.69) is 18.8 Å². The first-order valence-electron chi connectivity index (χ1n) is 4.39. The van der Waals surface area contributed by atoms with Crippen molar-refractivity contribution < 1.29 is 0 Å². The molecular formula is C11H14ClN. The van der Waals surface area contributed by atoms with Gasteiger partial charge in [-0.3, -0.25) is 0 Å². The summed E-state index contributed by atoms with van der Waals surface area (Å²) in [6.45, 7) is 6.80. The maximum absolute atomic E-state index is 5.96. The molecule has 0 aliphatic rings. The average molecular weight is 196 g/mol. The lowest BCUT2D eigenvalue weighted by Gasteiger charge is -2.08. The summed E-state index contributed by atoms with van der Waals surface area (Å²) in [5.41, 5.74) is 2.15. The van der Waals surface area contributed by atoms with Gasteiger partial charge >= 0.3 is 0 Å². The van der Waals surface area contributed by atoms with E-state index in [1.807, 2.05) is 24.3 Å². The van der Waals surface area contributed by atoms with Gasteiger partial charge in [0, 0.05) is 6.54 Å². The molecule has 0 atom stereocenters. The van der Waals surface area contributed by atoms with E-state index in [9.17, 15) is 0 Å². The molecule has 0 heterocycles. The third-order valence-corrected chi connectivity index (χ3v) is 2.23. The summed E-state index contributed by atoms with van der Waals surface area (Å²) in [6.07, 6.45) is 0.997. The fourth-order valence-electron chi connectivity index (χ4n) is 0.950. The summed E-state index contributed by atoms with van der Waals surface area (Å²) in [5, 5.41) is 3.99. The lowest BCUT2D eigenvalue weighted by Crippen LogP contribution is -2.03. The zero-order valence-electron chi connectivity index (χ0n) is 7.81. The quantitative estimate of drug-likeness (QED) is 0.723. The van der Waals surface area contributed by atoms with Crippen LogP contribution in [-0.4, -0.2) is 6.54 Å². The molecule has 0 radical (unpaired) electrons. The number of nitrogens with one attached hydrogen (secondary N) is 1. The van der Waals surface area contributed by atoms with Crippen molar-refractivity contribution in [2.45, 2.75) is 13.3 Å². The number of rotatable bonds is 4. The first-order chi connectivity index (χ1) is 6.24. The van der Waals surface area contributed by atoms with Crippen molar-refractivity contribution in [1.29, 1.82) is 0 Å². The number of para-hydroxylation sites is 1. The minimum absolute atomic E-state index is 0.756. The molecule has 0 saturated carbocycles. The van der Waals surface area contributed by atoms with Crippen LogP contribution >= 0.6 is 11.6 Å². The van der Waals surface area contributed by atoms with Crippen molar-refractivity contribution in [3.8, 4) is 0 Å². The average Bonchev–Trinajstić information content (AvgIpc) is 2.16. The summed E-state index contributed by atoms with van der Waals surface area (Å²) in [4.78, 5) is 0. The van der Waals surface area contributed by atoms with Gasteiger partial charge in [0.25, 0.3) is 0 Å². The first kappa shape index (κ1) is 10.1. The molecule has 0 unspecified atom stereocenters. The lowest BCUT2D eigenvalue weighted by atomic mass is 10.2. The minimum atomic E-state index is 0.756. The van der Waals surface area contributed by atoms with Gasteiger partial charge in [-0.25, -0.2) is 0 Å². The van der Waals surface area contributed by atoms with Crippen LogP contribution in [0.3, 0.4) is 0 Å². The fourth-order valence-corrected chi connectivity index (χ4v) is 1.15. The van der Waals surface area contributed by atoms with Gasteiger partial charge in [0.05, 0.1) is 10.7 Å². The van der Waals surface area contributed by atoms with Gasteiger partial charge in [-0.1, -0.05) is 42.8 Å². The van der Waals surface area contributed by atoms with Crippen LogP contribution < -0.4 is 5.32 Å². The normalized spacial score (nSPS) is 9.69. The maximum atomic E-state index is 5.96. The molecule has 1 nitrogen and oxygen atoms in total. The number of hydrogen-bond donors (Lipinski definition) is 1. The second kappa shape index (κ2) is 4.93. The van der Waals surface area contributed by atoms with Gasteiger partial charge in [-0.15, -0.1) is 0 Å². The molecule has 13 heavy (non-hydrogen) atoms. The highest BCUT2D eigenvalue weighted by atomic mass is 35.5. The highest BCUT2D eigenvalue weighted by Gasteiger charge is 1.97. The van der Waals surface area contributed by atoms with Gasteiger partial charge < -0.3 is 5.32 Å². The fraction of sp³-hybridized carbons (Fsp3) is 0.273. The van der Waals surface area contributed by atoms with E-state index in [1.54, 1.807) is 0 Å². The van der Waals surface area contributed by atoms with Crippen molar-refractivity contribution in [2.24, 2.45) is 0 Å². The Bertz CT molecular complexity index is 294. The predicted molar refractivity (Wildman–Crippen MR) is 59.4 cm³/mol. The maximum Gasteiger partial charge on any atom is 0.0637 e. The molecule has 0 aromatic heterocycles. The highest BCUT2D eigenvalue weighted by molar-refractivity contribution is 6.33. The Morgan fingerprint density at radius 2 is 2.15 bits per heavy atom. The van der Waals surface area contributed by atoms with Crippen molar-refractivity contribution in [1.82, 2.24) is 0 Å². The Morgan fingerprint density at radius 3 is 2.77 bits per heavy atom. The zero-order valence-corrected chi connectivity index (χ0v) is 8.56. The molecule has 2 heteroatoms. The van der Waals surface area contributed by atoms with E-state index >= 15 is 0 Å². The third kappa shape index (κ3) is 3.11. The molecule has 0 aliphatic carbocycles. The SMILES string of the molecule is C=C(CC)CNc1ccccc1Cl. The summed E-state index contributed by atoms with van der Waals surface area (Å²) in [6, 6.07) is 7.72. The lowest BCUT2D eigenvalue weighted by molar-refractivity contribution is 1.05. The van der Waals surface area contributed by atoms with Gasteiger partial charge in [-0.05, 0) is 18.6 Å². The Hall–Kier alpha value is -0.950. The Morgan fingerprint density at radius 1 is 1.46 bits per heavy atom. The highest BCUT2D eigenvalue weighted by Crippen LogP contribution is 2.20. The first-order valence-corrected chi connectivity index (χ1v) is 4.77. The van der Waals surface area contributed by atoms with Crippen LogP contribution in [0.1, 0.15) is 13.3 Å². The van der Waals surface area contributed by atoms with Crippen LogP contribution in [0.25, 0.3) is 0 Å². The van der Waals surface area contributed by atoms with Crippen LogP contribution in [-0.2, 0) is 0 Å². The zero-order chi connectivity index (χ0) is 9.68. The summed E-state index contributed by atoms with van der Waals surface area (Å²) in [7, 11) is 0. The minimum Gasteiger partial charge on any atom is -0.380 e. The summed E-state index contributed by atoms with van der Waals surface area (Å²) < 4.78 is 0. The smallest absolute Gasteiger partial charge is 0.0637 e. The van der Waals surface area contributed by atoms with E-state index in [-0.39, 0.29) is 0 Å². The number of benzene rings is 1. The summed E-state index contributed by atoms with van der Waals surface area (Å²) >= 11 is 5.96. The van der Waals surface area contributed by atoms with Crippen LogP contribution in [0.15, 0.2) is 36.4 Å². The molecule has 0 fully saturated rings. The van der Waals surface area contributed by atoms with Gasteiger partial charge in [0.2, 0.25) is 0 Å². The Kier molecular flexibility index (Phi) is 3.84. The molecule has 1 aromatic rings. The molecule has 0 aliphatic heterocycles. The molecule has 0 spiro atoms. The van der Waals surface area contributed by atoms with E-state index in [4.69, 9.17) is 11.6 Å².